The average Bonchev–Trinajstić information content (AvgIpc) is 2.71. The normalized spacial score (nSPS) is 11.1. The molecule has 0 unspecified atom stereocenters. The number of benzene rings is 3. The van der Waals surface area contributed by atoms with Crippen LogP contribution in [0, 0.1) is 13.8 Å². The molecule has 0 saturated carbocycles. The summed E-state index contributed by atoms with van der Waals surface area (Å²) in [5.41, 5.74) is 3.93. The molecule has 3 rings (SSSR count). The molecule has 0 bridgehead atoms. The first-order chi connectivity index (χ1) is 13.8. The Hall–Kier alpha value is -3.16. The molecule has 3 aromatic carbocycles. The summed E-state index contributed by atoms with van der Waals surface area (Å²) >= 11 is 0. The lowest BCUT2D eigenvalue weighted by molar-refractivity contribution is 0.102. The molecule has 0 aliphatic rings. The van der Waals surface area contributed by atoms with E-state index in [1.807, 2.05) is 19.9 Å². The lowest BCUT2D eigenvalue weighted by atomic mass is 10.1. The van der Waals surface area contributed by atoms with Gasteiger partial charge >= 0.3 is 0 Å². The summed E-state index contributed by atoms with van der Waals surface area (Å²) in [5.74, 6) is -0.369. The summed E-state index contributed by atoms with van der Waals surface area (Å²) in [5, 5.41) is 11.9. The van der Waals surface area contributed by atoms with Crippen LogP contribution in [0.4, 0.5) is 11.4 Å². The molecule has 6 nitrogen and oxygen atoms in total. The van der Waals surface area contributed by atoms with Crippen LogP contribution in [0.3, 0.4) is 0 Å². The third-order valence-electron chi connectivity index (χ3n) is 4.64. The van der Waals surface area contributed by atoms with Gasteiger partial charge in [-0.3, -0.25) is 9.52 Å². The Bertz CT molecular complexity index is 1140. The van der Waals surface area contributed by atoms with Crippen molar-refractivity contribution in [2.75, 3.05) is 10.0 Å². The fraction of sp³-hybridized carbons (Fsp3) is 0.136. The lowest BCUT2D eigenvalue weighted by Gasteiger charge is -2.12. The van der Waals surface area contributed by atoms with Gasteiger partial charge in [0.25, 0.3) is 15.9 Å². The minimum Gasteiger partial charge on any atom is -0.392 e. The predicted octanol–water partition coefficient (Wildman–Crippen LogP) is 3.85. The van der Waals surface area contributed by atoms with Crippen LogP contribution in [0.5, 0.6) is 0 Å². The standard InChI is InChI=1S/C22H22N2O4S/c1-15-5-3-8-21(16(15)2)24-29(27,28)20-11-9-18(10-12-20)22(26)23-19-7-4-6-17(13-19)14-25/h3-13,24-25H,14H2,1-2H3,(H,23,26). The van der Waals surface area contributed by atoms with E-state index in [-0.39, 0.29) is 17.4 Å². The fourth-order valence-corrected chi connectivity index (χ4v) is 3.92. The van der Waals surface area contributed by atoms with Crippen LogP contribution in [-0.4, -0.2) is 19.4 Å². The molecule has 3 N–H and O–H groups in total. The van der Waals surface area contributed by atoms with Crippen molar-refractivity contribution in [3.63, 3.8) is 0 Å². The molecule has 0 radical (unpaired) electrons. The Morgan fingerprint density at radius 2 is 1.66 bits per heavy atom. The zero-order valence-corrected chi connectivity index (χ0v) is 17.0. The third kappa shape index (κ3) is 4.82. The molecule has 7 heteroatoms. The first-order valence-corrected chi connectivity index (χ1v) is 10.5. The van der Waals surface area contributed by atoms with E-state index in [0.717, 1.165) is 11.1 Å². The first kappa shape index (κ1) is 20.6. The van der Waals surface area contributed by atoms with Crippen molar-refractivity contribution in [3.05, 3.63) is 89.0 Å². The quantitative estimate of drug-likeness (QED) is 0.575. The largest absolute Gasteiger partial charge is 0.392 e. The highest BCUT2D eigenvalue weighted by atomic mass is 32.2. The summed E-state index contributed by atoms with van der Waals surface area (Å²) in [6, 6.07) is 18.0. The van der Waals surface area contributed by atoms with Crippen LogP contribution in [-0.2, 0) is 16.6 Å². The van der Waals surface area contributed by atoms with Gasteiger partial charge in [-0.1, -0.05) is 24.3 Å². The van der Waals surface area contributed by atoms with Gasteiger partial charge in [0.2, 0.25) is 0 Å². The highest BCUT2D eigenvalue weighted by molar-refractivity contribution is 7.92. The lowest BCUT2D eigenvalue weighted by Crippen LogP contribution is -2.15. The topological polar surface area (TPSA) is 95.5 Å². The van der Waals surface area contributed by atoms with Crippen LogP contribution < -0.4 is 10.0 Å². The average molecular weight is 410 g/mol. The molecule has 0 spiro atoms. The number of anilines is 2. The van der Waals surface area contributed by atoms with Gasteiger partial charge in [0.1, 0.15) is 0 Å². The molecular weight excluding hydrogens is 388 g/mol. The first-order valence-electron chi connectivity index (χ1n) is 9.00. The molecule has 0 aliphatic carbocycles. The van der Waals surface area contributed by atoms with Gasteiger partial charge in [0, 0.05) is 11.3 Å². The Labute approximate surface area is 170 Å². The van der Waals surface area contributed by atoms with Crippen LogP contribution >= 0.6 is 0 Å². The van der Waals surface area contributed by atoms with E-state index >= 15 is 0 Å². The number of rotatable bonds is 6. The van der Waals surface area contributed by atoms with E-state index in [1.54, 1.807) is 36.4 Å². The number of aryl methyl sites for hydroxylation is 1. The summed E-state index contributed by atoms with van der Waals surface area (Å²) in [6.45, 7) is 3.65. The van der Waals surface area contributed by atoms with Gasteiger partial charge in [0.05, 0.1) is 17.2 Å². The van der Waals surface area contributed by atoms with Crippen molar-refractivity contribution in [3.8, 4) is 0 Å². The number of amides is 1. The third-order valence-corrected chi connectivity index (χ3v) is 6.02. The monoisotopic (exact) mass is 410 g/mol. The van der Waals surface area contributed by atoms with E-state index in [2.05, 4.69) is 10.0 Å². The molecule has 0 aromatic heterocycles. The molecule has 0 aliphatic heterocycles. The van der Waals surface area contributed by atoms with Crippen molar-refractivity contribution in [2.45, 2.75) is 25.3 Å². The number of aliphatic hydroxyl groups is 1. The van der Waals surface area contributed by atoms with Gasteiger partial charge in [-0.2, -0.15) is 0 Å². The number of hydrogen-bond donors (Lipinski definition) is 3. The van der Waals surface area contributed by atoms with Gasteiger partial charge in [-0.05, 0) is 73.0 Å². The van der Waals surface area contributed by atoms with Crippen LogP contribution in [0.1, 0.15) is 27.0 Å². The molecule has 29 heavy (non-hydrogen) atoms. The Morgan fingerprint density at radius 1 is 0.966 bits per heavy atom. The summed E-state index contributed by atoms with van der Waals surface area (Å²) in [6.07, 6.45) is 0. The molecule has 0 fully saturated rings. The van der Waals surface area contributed by atoms with Crippen LogP contribution in [0.2, 0.25) is 0 Å². The van der Waals surface area contributed by atoms with E-state index < -0.39 is 10.0 Å². The van der Waals surface area contributed by atoms with E-state index in [1.165, 1.54) is 24.3 Å². The van der Waals surface area contributed by atoms with E-state index in [0.29, 0.717) is 22.5 Å². The summed E-state index contributed by atoms with van der Waals surface area (Å²) in [4.78, 5) is 12.5. The Morgan fingerprint density at radius 3 is 2.34 bits per heavy atom. The number of carbonyl (C=O) groups excluding carboxylic acids is 1. The second-order valence-electron chi connectivity index (χ2n) is 6.69. The minimum atomic E-state index is -3.77. The summed E-state index contributed by atoms with van der Waals surface area (Å²) < 4.78 is 27.9. The van der Waals surface area contributed by atoms with Crippen molar-refractivity contribution in [1.82, 2.24) is 0 Å². The smallest absolute Gasteiger partial charge is 0.261 e. The van der Waals surface area contributed by atoms with Crippen LogP contribution in [0.25, 0.3) is 0 Å². The van der Waals surface area contributed by atoms with E-state index in [4.69, 9.17) is 0 Å². The molecule has 150 valence electrons. The highest BCUT2D eigenvalue weighted by Crippen LogP contribution is 2.22. The number of sulfonamides is 1. The zero-order chi connectivity index (χ0) is 21.0. The van der Waals surface area contributed by atoms with Crippen LogP contribution in [0.15, 0.2) is 71.6 Å². The van der Waals surface area contributed by atoms with Gasteiger partial charge in [-0.25, -0.2) is 8.42 Å². The second-order valence-corrected chi connectivity index (χ2v) is 8.37. The number of carbonyl (C=O) groups is 1. The van der Waals surface area contributed by atoms with Crippen molar-refractivity contribution in [1.29, 1.82) is 0 Å². The van der Waals surface area contributed by atoms with Crippen molar-refractivity contribution >= 4 is 27.3 Å². The van der Waals surface area contributed by atoms with E-state index in [9.17, 15) is 18.3 Å². The zero-order valence-electron chi connectivity index (χ0n) is 16.1. The molecular formula is C22H22N2O4S. The predicted molar refractivity (Wildman–Crippen MR) is 113 cm³/mol. The number of hydrogen-bond acceptors (Lipinski definition) is 4. The SMILES string of the molecule is Cc1cccc(NS(=O)(=O)c2ccc(C(=O)Nc3cccc(CO)c3)cc2)c1C. The van der Waals surface area contributed by atoms with Gasteiger partial charge in [0.15, 0.2) is 0 Å². The second kappa shape index (κ2) is 8.46. The van der Waals surface area contributed by atoms with Crippen molar-refractivity contribution < 1.29 is 18.3 Å². The summed E-state index contributed by atoms with van der Waals surface area (Å²) in [7, 11) is -3.77. The molecule has 0 saturated heterocycles. The maximum atomic E-state index is 12.7. The molecule has 0 heterocycles. The fourth-order valence-electron chi connectivity index (χ4n) is 2.80. The molecule has 1 amide bonds. The Kier molecular flexibility index (Phi) is 6.00. The van der Waals surface area contributed by atoms with Crippen molar-refractivity contribution in [2.24, 2.45) is 0 Å². The molecule has 3 aromatic rings. The van der Waals surface area contributed by atoms with Gasteiger partial charge in [-0.15, -0.1) is 0 Å². The Balaban J connectivity index is 1.76. The van der Waals surface area contributed by atoms with Gasteiger partial charge < -0.3 is 10.4 Å². The molecule has 0 atom stereocenters. The highest BCUT2D eigenvalue weighted by Gasteiger charge is 2.16. The number of aliphatic hydroxyl groups excluding tert-OH is 1. The minimum absolute atomic E-state index is 0.0669. The number of nitrogens with one attached hydrogen (secondary N) is 2. The maximum Gasteiger partial charge on any atom is 0.261 e. The maximum absolute atomic E-state index is 12.7.